The fourth-order valence-electron chi connectivity index (χ4n) is 2.01. The highest BCUT2D eigenvalue weighted by Crippen LogP contribution is 2.16. The molecule has 0 fully saturated rings. The smallest absolute Gasteiger partial charge is 0.115 e. The zero-order chi connectivity index (χ0) is 13.8. The SMILES string of the molecule is Oc1ccc(CNc2cccc(-n3ccnc3)c2)cc1. The van der Waals surface area contributed by atoms with E-state index in [1.165, 1.54) is 0 Å². The molecule has 0 atom stereocenters. The predicted molar refractivity (Wildman–Crippen MR) is 79.0 cm³/mol. The molecule has 2 aromatic carbocycles. The van der Waals surface area contributed by atoms with Gasteiger partial charge in [0.1, 0.15) is 5.75 Å². The van der Waals surface area contributed by atoms with Crippen molar-refractivity contribution in [2.75, 3.05) is 5.32 Å². The lowest BCUT2D eigenvalue weighted by atomic mass is 10.2. The number of hydrogen-bond acceptors (Lipinski definition) is 3. The molecule has 0 aliphatic carbocycles. The Bertz CT molecular complexity index is 675. The first-order valence-corrected chi connectivity index (χ1v) is 6.41. The average Bonchev–Trinajstić information content (AvgIpc) is 3.01. The predicted octanol–water partition coefficient (Wildman–Crippen LogP) is 3.19. The van der Waals surface area contributed by atoms with Crippen molar-refractivity contribution < 1.29 is 5.11 Å². The Morgan fingerprint density at radius 3 is 2.70 bits per heavy atom. The summed E-state index contributed by atoms with van der Waals surface area (Å²) >= 11 is 0. The quantitative estimate of drug-likeness (QED) is 0.761. The number of benzene rings is 2. The fraction of sp³-hybridized carbons (Fsp3) is 0.0625. The van der Waals surface area contributed by atoms with Crippen LogP contribution in [0.15, 0.2) is 67.3 Å². The summed E-state index contributed by atoms with van der Waals surface area (Å²) in [5.74, 6) is 0.288. The third-order valence-corrected chi connectivity index (χ3v) is 3.08. The van der Waals surface area contributed by atoms with Crippen molar-refractivity contribution in [1.82, 2.24) is 9.55 Å². The zero-order valence-electron chi connectivity index (χ0n) is 10.9. The van der Waals surface area contributed by atoms with Crippen molar-refractivity contribution in [2.45, 2.75) is 6.54 Å². The fourth-order valence-corrected chi connectivity index (χ4v) is 2.01. The normalized spacial score (nSPS) is 10.4. The zero-order valence-corrected chi connectivity index (χ0v) is 10.9. The van der Waals surface area contributed by atoms with E-state index in [-0.39, 0.29) is 5.75 Å². The summed E-state index contributed by atoms with van der Waals surface area (Å²) in [6.07, 6.45) is 5.45. The van der Waals surface area contributed by atoms with Gasteiger partial charge in [-0.1, -0.05) is 18.2 Å². The van der Waals surface area contributed by atoms with Gasteiger partial charge >= 0.3 is 0 Å². The van der Waals surface area contributed by atoms with Gasteiger partial charge in [-0.2, -0.15) is 0 Å². The molecule has 0 unspecified atom stereocenters. The van der Waals surface area contributed by atoms with Gasteiger partial charge in [-0.15, -0.1) is 0 Å². The van der Waals surface area contributed by atoms with Gasteiger partial charge in [-0.3, -0.25) is 0 Å². The van der Waals surface area contributed by atoms with Crippen LogP contribution in [0.25, 0.3) is 5.69 Å². The van der Waals surface area contributed by atoms with Crippen LogP contribution >= 0.6 is 0 Å². The van der Waals surface area contributed by atoms with Gasteiger partial charge in [0.15, 0.2) is 0 Å². The summed E-state index contributed by atoms with van der Waals surface area (Å²) in [5.41, 5.74) is 3.23. The van der Waals surface area contributed by atoms with Crippen molar-refractivity contribution in [2.24, 2.45) is 0 Å². The molecule has 0 spiro atoms. The van der Waals surface area contributed by atoms with Crippen LogP contribution in [0, 0.1) is 0 Å². The first-order chi connectivity index (χ1) is 9.81. The van der Waals surface area contributed by atoms with E-state index in [4.69, 9.17) is 0 Å². The number of phenols is 1. The van der Waals surface area contributed by atoms with Crippen LogP contribution in [0.5, 0.6) is 5.75 Å². The third-order valence-electron chi connectivity index (χ3n) is 3.08. The number of nitrogens with zero attached hydrogens (tertiary/aromatic N) is 2. The molecule has 2 N–H and O–H groups in total. The Labute approximate surface area is 117 Å². The molecule has 0 radical (unpaired) electrons. The average molecular weight is 265 g/mol. The number of hydrogen-bond donors (Lipinski definition) is 2. The van der Waals surface area contributed by atoms with Crippen LogP contribution in [-0.2, 0) is 6.54 Å². The van der Waals surface area contributed by atoms with Gasteiger partial charge in [0, 0.05) is 30.3 Å². The van der Waals surface area contributed by atoms with E-state index in [9.17, 15) is 5.11 Å². The molecule has 0 saturated carbocycles. The molecule has 4 heteroatoms. The van der Waals surface area contributed by atoms with Crippen LogP contribution in [0.2, 0.25) is 0 Å². The number of anilines is 1. The summed E-state index contributed by atoms with van der Waals surface area (Å²) in [6.45, 7) is 0.716. The third kappa shape index (κ3) is 2.80. The number of aromatic hydroxyl groups is 1. The topological polar surface area (TPSA) is 50.1 Å². The minimum Gasteiger partial charge on any atom is -0.508 e. The van der Waals surface area contributed by atoms with Crippen molar-refractivity contribution in [1.29, 1.82) is 0 Å². The molecule has 0 aliphatic rings. The highest BCUT2D eigenvalue weighted by molar-refractivity contribution is 5.51. The van der Waals surface area contributed by atoms with E-state index in [0.717, 1.165) is 16.9 Å². The van der Waals surface area contributed by atoms with Crippen molar-refractivity contribution in [3.8, 4) is 11.4 Å². The van der Waals surface area contributed by atoms with E-state index in [1.807, 2.05) is 41.1 Å². The minimum atomic E-state index is 0.288. The van der Waals surface area contributed by atoms with E-state index in [0.29, 0.717) is 6.54 Å². The summed E-state index contributed by atoms with van der Waals surface area (Å²) in [7, 11) is 0. The first kappa shape index (κ1) is 12.3. The number of phenolic OH excluding ortho intramolecular Hbond substituents is 1. The van der Waals surface area contributed by atoms with Gasteiger partial charge in [0.05, 0.1) is 6.33 Å². The molecule has 0 bridgehead atoms. The number of imidazole rings is 1. The van der Waals surface area contributed by atoms with E-state index >= 15 is 0 Å². The van der Waals surface area contributed by atoms with Gasteiger partial charge in [-0.25, -0.2) is 4.98 Å². The van der Waals surface area contributed by atoms with Crippen molar-refractivity contribution >= 4 is 5.69 Å². The number of rotatable bonds is 4. The maximum absolute atomic E-state index is 9.25. The van der Waals surface area contributed by atoms with E-state index in [1.54, 1.807) is 24.7 Å². The molecule has 1 aromatic heterocycles. The van der Waals surface area contributed by atoms with Crippen LogP contribution in [0.1, 0.15) is 5.56 Å². The Balaban J connectivity index is 1.72. The van der Waals surface area contributed by atoms with Crippen LogP contribution in [0.3, 0.4) is 0 Å². The van der Waals surface area contributed by atoms with Gasteiger partial charge < -0.3 is 15.0 Å². The van der Waals surface area contributed by atoms with Crippen molar-refractivity contribution in [3.05, 3.63) is 72.8 Å². The minimum absolute atomic E-state index is 0.288. The van der Waals surface area contributed by atoms with Crippen LogP contribution < -0.4 is 5.32 Å². The van der Waals surface area contributed by atoms with Crippen molar-refractivity contribution in [3.63, 3.8) is 0 Å². The van der Waals surface area contributed by atoms with Gasteiger partial charge in [0.2, 0.25) is 0 Å². The molecule has 3 aromatic rings. The maximum atomic E-state index is 9.25. The standard InChI is InChI=1S/C16H15N3O/c20-16-6-4-13(5-7-16)11-18-14-2-1-3-15(10-14)19-9-8-17-12-19/h1-10,12,18,20H,11H2. The summed E-state index contributed by atoms with van der Waals surface area (Å²) in [6, 6.07) is 15.3. The Hall–Kier alpha value is -2.75. The molecular formula is C16H15N3O. The van der Waals surface area contributed by atoms with E-state index < -0.39 is 0 Å². The molecule has 20 heavy (non-hydrogen) atoms. The molecule has 3 rings (SSSR count). The Kier molecular flexibility index (Phi) is 3.37. The van der Waals surface area contributed by atoms with Gasteiger partial charge in [-0.05, 0) is 35.9 Å². The Morgan fingerprint density at radius 1 is 1.10 bits per heavy atom. The molecule has 100 valence electrons. The lowest BCUT2D eigenvalue weighted by Gasteiger charge is -2.09. The molecule has 0 aliphatic heterocycles. The van der Waals surface area contributed by atoms with Crippen LogP contribution in [0.4, 0.5) is 5.69 Å². The monoisotopic (exact) mass is 265 g/mol. The van der Waals surface area contributed by atoms with E-state index in [2.05, 4.69) is 16.4 Å². The molecule has 1 heterocycles. The molecular weight excluding hydrogens is 250 g/mol. The second kappa shape index (κ2) is 5.48. The summed E-state index contributed by atoms with van der Waals surface area (Å²) in [5, 5.41) is 12.6. The first-order valence-electron chi connectivity index (χ1n) is 6.41. The second-order valence-electron chi connectivity index (χ2n) is 4.54. The maximum Gasteiger partial charge on any atom is 0.115 e. The highest BCUT2D eigenvalue weighted by atomic mass is 16.3. The summed E-state index contributed by atoms with van der Waals surface area (Å²) < 4.78 is 1.96. The molecule has 0 saturated heterocycles. The second-order valence-corrected chi connectivity index (χ2v) is 4.54. The number of nitrogens with one attached hydrogen (secondary N) is 1. The lowest BCUT2D eigenvalue weighted by molar-refractivity contribution is 0.475. The lowest BCUT2D eigenvalue weighted by Crippen LogP contribution is -2.00. The molecule has 0 amide bonds. The van der Waals surface area contributed by atoms with Crippen LogP contribution in [-0.4, -0.2) is 14.7 Å². The molecule has 4 nitrogen and oxygen atoms in total. The number of aromatic nitrogens is 2. The summed E-state index contributed by atoms with van der Waals surface area (Å²) in [4.78, 5) is 4.05. The largest absolute Gasteiger partial charge is 0.508 e. The highest BCUT2D eigenvalue weighted by Gasteiger charge is 1.98. The Morgan fingerprint density at radius 2 is 1.95 bits per heavy atom. The van der Waals surface area contributed by atoms with Gasteiger partial charge in [0.25, 0.3) is 0 Å².